The van der Waals surface area contributed by atoms with E-state index in [-0.39, 0.29) is 22.6 Å². The van der Waals surface area contributed by atoms with Crippen LogP contribution in [0.25, 0.3) is 0 Å². The van der Waals surface area contributed by atoms with Crippen molar-refractivity contribution in [2.75, 3.05) is 6.54 Å². The number of carbonyl (C=O) groups is 2. The minimum Gasteiger partial charge on any atom is -0.506 e. The lowest BCUT2D eigenvalue weighted by Crippen LogP contribution is -2.28. The van der Waals surface area contributed by atoms with Gasteiger partial charge in [-0.2, -0.15) is 0 Å². The maximum atomic E-state index is 11.8. The number of carbonyl (C=O) groups excluding carboxylic acids is 2. The molecule has 2 rings (SSSR count). The zero-order chi connectivity index (χ0) is 14.5. The van der Waals surface area contributed by atoms with Crippen LogP contribution in [0.15, 0.2) is 18.2 Å². The van der Waals surface area contributed by atoms with Crippen LogP contribution in [0, 0.1) is 0 Å². The Balaban J connectivity index is 1.68. The molecule has 0 heterocycles. The van der Waals surface area contributed by atoms with Gasteiger partial charge in [-0.3, -0.25) is 9.59 Å². The van der Waals surface area contributed by atoms with Gasteiger partial charge in [0.1, 0.15) is 5.75 Å². The molecule has 3 N–H and O–H groups in total. The summed E-state index contributed by atoms with van der Waals surface area (Å²) >= 11 is 5.73. The summed E-state index contributed by atoms with van der Waals surface area (Å²) in [6, 6.07) is 4.65. The normalized spacial score (nSPS) is 13.8. The van der Waals surface area contributed by atoms with Crippen molar-refractivity contribution in [2.45, 2.75) is 31.7 Å². The SMILES string of the molecule is O=C(CCCNC(=O)c1ccc(O)c(Cl)c1)NC1CC1. The smallest absolute Gasteiger partial charge is 0.251 e. The fraction of sp³-hybridized carbons (Fsp3) is 0.429. The van der Waals surface area contributed by atoms with Gasteiger partial charge in [-0.05, 0) is 37.5 Å². The van der Waals surface area contributed by atoms with Crippen LogP contribution in [0.1, 0.15) is 36.0 Å². The molecule has 0 atom stereocenters. The van der Waals surface area contributed by atoms with Crippen molar-refractivity contribution in [1.82, 2.24) is 10.6 Å². The van der Waals surface area contributed by atoms with Gasteiger partial charge in [0.2, 0.25) is 5.91 Å². The van der Waals surface area contributed by atoms with Crippen molar-refractivity contribution in [1.29, 1.82) is 0 Å². The van der Waals surface area contributed by atoms with Crippen LogP contribution in [0.2, 0.25) is 5.02 Å². The molecular formula is C14H17ClN2O3. The van der Waals surface area contributed by atoms with E-state index in [2.05, 4.69) is 10.6 Å². The number of rotatable bonds is 6. The minimum absolute atomic E-state index is 0.0365. The first-order valence-corrected chi connectivity index (χ1v) is 7.00. The number of nitrogens with one attached hydrogen (secondary N) is 2. The van der Waals surface area contributed by atoms with Gasteiger partial charge in [-0.1, -0.05) is 11.6 Å². The number of amides is 2. The van der Waals surface area contributed by atoms with Gasteiger partial charge in [-0.15, -0.1) is 0 Å². The van der Waals surface area contributed by atoms with Crippen LogP contribution in [0.3, 0.4) is 0 Å². The van der Waals surface area contributed by atoms with Crippen LogP contribution >= 0.6 is 11.6 Å². The first kappa shape index (κ1) is 14.7. The van der Waals surface area contributed by atoms with Crippen LogP contribution < -0.4 is 10.6 Å². The molecule has 6 heteroatoms. The molecule has 1 aromatic carbocycles. The Morgan fingerprint density at radius 2 is 2.10 bits per heavy atom. The van der Waals surface area contributed by atoms with E-state index in [0.29, 0.717) is 31.0 Å². The number of phenols is 1. The second-order valence-corrected chi connectivity index (χ2v) is 5.27. The van der Waals surface area contributed by atoms with Crippen molar-refractivity contribution in [3.8, 4) is 5.75 Å². The Hall–Kier alpha value is -1.75. The Kier molecular flexibility index (Phi) is 4.84. The van der Waals surface area contributed by atoms with Gasteiger partial charge < -0.3 is 15.7 Å². The molecule has 1 aliphatic rings. The molecule has 1 aromatic rings. The van der Waals surface area contributed by atoms with E-state index in [9.17, 15) is 14.7 Å². The van der Waals surface area contributed by atoms with E-state index in [1.165, 1.54) is 18.2 Å². The largest absolute Gasteiger partial charge is 0.506 e. The molecule has 0 bridgehead atoms. The second kappa shape index (κ2) is 6.61. The third-order valence-electron chi connectivity index (χ3n) is 3.02. The van der Waals surface area contributed by atoms with Crippen molar-refractivity contribution >= 4 is 23.4 Å². The number of hydrogen-bond acceptors (Lipinski definition) is 3. The quantitative estimate of drug-likeness (QED) is 0.701. The molecule has 5 nitrogen and oxygen atoms in total. The third kappa shape index (κ3) is 4.42. The first-order valence-electron chi connectivity index (χ1n) is 6.62. The number of halogens is 1. The molecule has 108 valence electrons. The topological polar surface area (TPSA) is 78.4 Å². The fourth-order valence-electron chi connectivity index (χ4n) is 1.73. The fourth-order valence-corrected chi connectivity index (χ4v) is 1.91. The molecule has 0 aliphatic heterocycles. The van der Waals surface area contributed by atoms with Crippen LogP contribution in [0.5, 0.6) is 5.75 Å². The maximum Gasteiger partial charge on any atom is 0.251 e. The van der Waals surface area contributed by atoms with E-state index in [0.717, 1.165) is 12.8 Å². The summed E-state index contributed by atoms with van der Waals surface area (Å²) in [5.41, 5.74) is 0.384. The number of aromatic hydroxyl groups is 1. The van der Waals surface area contributed by atoms with Gasteiger partial charge >= 0.3 is 0 Å². The lowest BCUT2D eigenvalue weighted by Gasteiger charge is -2.06. The average Bonchev–Trinajstić information content (AvgIpc) is 3.21. The molecule has 1 aliphatic carbocycles. The Bertz CT molecular complexity index is 515. The van der Waals surface area contributed by atoms with Crippen molar-refractivity contribution in [2.24, 2.45) is 0 Å². The number of hydrogen-bond donors (Lipinski definition) is 3. The van der Waals surface area contributed by atoms with E-state index in [1.807, 2.05) is 0 Å². The molecule has 1 fully saturated rings. The van der Waals surface area contributed by atoms with Gasteiger partial charge in [0, 0.05) is 24.6 Å². The summed E-state index contributed by atoms with van der Waals surface area (Å²) in [7, 11) is 0. The molecule has 2 amide bonds. The lowest BCUT2D eigenvalue weighted by molar-refractivity contribution is -0.121. The maximum absolute atomic E-state index is 11.8. The van der Waals surface area contributed by atoms with Crippen molar-refractivity contribution in [3.05, 3.63) is 28.8 Å². The van der Waals surface area contributed by atoms with Crippen LogP contribution in [-0.4, -0.2) is 29.5 Å². The predicted molar refractivity (Wildman–Crippen MR) is 75.8 cm³/mol. The summed E-state index contributed by atoms with van der Waals surface area (Å²) < 4.78 is 0. The van der Waals surface area contributed by atoms with Gasteiger partial charge in [0.15, 0.2) is 0 Å². The highest BCUT2D eigenvalue weighted by Crippen LogP contribution is 2.23. The number of phenolic OH excluding ortho intramolecular Hbond substituents is 1. The minimum atomic E-state index is -0.269. The standard InChI is InChI=1S/C14H17ClN2O3/c15-11-8-9(3-6-12(11)18)14(20)16-7-1-2-13(19)17-10-4-5-10/h3,6,8,10,18H,1-2,4-5,7H2,(H,16,20)(H,17,19). The lowest BCUT2D eigenvalue weighted by atomic mass is 10.2. The van der Waals surface area contributed by atoms with Gasteiger partial charge in [0.05, 0.1) is 5.02 Å². The first-order chi connectivity index (χ1) is 9.56. The number of benzene rings is 1. The molecular weight excluding hydrogens is 280 g/mol. The summed E-state index contributed by atoms with van der Waals surface area (Å²) in [5, 5.41) is 15.0. The zero-order valence-corrected chi connectivity index (χ0v) is 11.7. The molecule has 0 unspecified atom stereocenters. The molecule has 0 radical (unpaired) electrons. The summed E-state index contributed by atoms with van der Waals surface area (Å²) in [4.78, 5) is 23.2. The molecule has 1 saturated carbocycles. The third-order valence-corrected chi connectivity index (χ3v) is 3.32. The van der Waals surface area contributed by atoms with Crippen molar-refractivity contribution in [3.63, 3.8) is 0 Å². The van der Waals surface area contributed by atoms with E-state index in [4.69, 9.17) is 11.6 Å². The Morgan fingerprint density at radius 1 is 1.35 bits per heavy atom. The zero-order valence-electron chi connectivity index (χ0n) is 11.0. The average molecular weight is 297 g/mol. The van der Waals surface area contributed by atoms with Gasteiger partial charge in [-0.25, -0.2) is 0 Å². The highest BCUT2D eigenvalue weighted by atomic mass is 35.5. The highest BCUT2D eigenvalue weighted by molar-refractivity contribution is 6.32. The molecule has 0 spiro atoms. The molecule has 0 aromatic heterocycles. The summed E-state index contributed by atoms with van der Waals surface area (Å²) in [5.74, 6) is -0.288. The monoisotopic (exact) mass is 296 g/mol. The Morgan fingerprint density at radius 3 is 2.75 bits per heavy atom. The van der Waals surface area contributed by atoms with E-state index >= 15 is 0 Å². The summed E-state index contributed by atoms with van der Waals surface area (Å²) in [6.07, 6.45) is 3.15. The van der Waals surface area contributed by atoms with E-state index in [1.54, 1.807) is 0 Å². The van der Waals surface area contributed by atoms with Gasteiger partial charge in [0.25, 0.3) is 5.91 Å². The highest BCUT2D eigenvalue weighted by Gasteiger charge is 2.22. The predicted octanol–water partition coefficient (Wildman–Crippen LogP) is 1.83. The summed E-state index contributed by atoms with van der Waals surface area (Å²) in [6.45, 7) is 0.426. The van der Waals surface area contributed by atoms with Crippen molar-refractivity contribution < 1.29 is 14.7 Å². The Labute approximate surface area is 122 Å². The van der Waals surface area contributed by atoms with Crippen LogP contribution in [0.4, 0.5) is 0 Å². The molecule has 0 saturated heterocycles. The molecule has 20 heavy (non-hydrogen) atoms. The second-order valence-electron chi connectivity index (χ2n) is 4.87. The van der Waals surface area contributed by atoms with Crippen LogP contribution in [-0.2, 0) is 4.79 Å². The van der Waals surface area contributed by atoms with E-state index < -0.39 is 0 Å².